The number of amides is 1. The Morgan fingerprint density at radius 2 is 2.15 bits per heavy atom. The molecule has 0 radical (unpaired) electrons. The zero-order valence-corrected chi connectivity index (χ0v) is 11.6. The molecule has 0 aliphatic carbocycles. The highest BCUT2D eigenvalue weighted by Crippen LogP contribution is 2.19. The Balaban J connectivity index is 1.90. The van der Waals surface area contributed by atoms with Crippen LogP contribution in [0.4, 0.5) is 4.79 Å². The molecule has 0 saturated carbocycles. The monoisotopic (exact) mass is 275 g/mol. The van der Waals surface area contributed by atoms with Gasteiger partial charge in [0.25, 0.3) is 0 Å². The number of aliphatic hydroxyl groups excluding tert-OH is 1. The molecule has 1 fully saturated rings. The largest absolute Gasteiger partial charge is 0.445 e. The molecule has 1 aliphatic heterocycles. The molecule has 4 nitrogen and oxygen atoms in total. The molecule has 108 valence electrons. The molecule has 1 aromatic carbocycles. The molecule has 0 spiro atoms. The molecule has 1 N–H and O–H groups in total. The van der Waals surface area contributed by atoms with Crippen LogP contribution in [0.5, 0.6) is 0 Å². The van der Waals surface area contributed by atoms with Gasteiger partial charge in [-0.3, -0.25) is 0 Å². The summed E-state index contributed by atoms with van der Waals surface area (Å²) in [6.45, 7) is 1.02. The van der Waals surface area contributed by atoms with Crippen LogP contribution in [0, 0.1) is 0 Å². The number of ether oxygens (including phenoxy) is 1. The first kappa shape index (κ1) is 14.6. The van der Waals surface area contributed by atoms with Crippen LogP contribution in [0.2, 0.25) is 0 Å². The molecule has 0 unspecified atom stereocenters. The van der Waals surface area contributed by atoms with E-state index in [0.717, 1.165) is 24.8 Å². The second-order valence-electron chi connectivity index (χ2n) is 4.91. The number of piperidine rings is 1. The van der Waals surface area contributed by atoms with Gasteiger partial charge in [0.2, 0.25) is 0 Å². The van der Waals surface area contributed by atoms with E-state index in [4.69, 9.17) is 9.84 Å². The fourth-order valence-electron chi connectivity index (χ4n) is 2.40. The van der Waals surface area contributed by atoms with E-state index in [1.54, 1.807) is 11.0 Å². The Morgan fingerprint density at radius 1 is 1.35 bits per heavy atom. The summed E-state index contributed by atoms with van der Waals surface area (Å²) in [4.78, 5) is 13.9. The lowest BCUT2D eigenvalue weighted by molar-refractivity contribution is 0.0774. The van der Waals surface area contributed by atoms with Crippen LogP contribution in [-0.4, -0.2) is 35.3 Å². The number of carbonyl (C=O) groups is 1. The number of likely N-dealkylation sites (tertiary alicyclic amines) is 1. The van der Waals surface area contributed by atoms with Crippen LogP contribution in [0.1, 0.15) is 24.8 Å². The van der Waals surface area contributed by atoms with Gasteiger partial charge in [-0.2, -0.15) is 0 Å². The molecule has 1 aliphatic rings. The van der Waals surface area contributed by atoms with Crippen molar-refractivity contribution in [2.24, 2.45) is 0 Å². The number of hydrogen-bond acceptors (Lipinski definition) is 3. The van der Waals surface area contributed by atoms with E-state index in [1.165, 1.54) is 0 Å². The van der Waals surface area contributed by atoms with Gasteiger partial charge in [0.1, 0.15) is 6.61 Å². The summed E-state index contributed by atoms with van der Waals surface area (Å²) in [6.07, 6.45) is 6.33. The topological polar surface area (TPSA) is 49.8 Å². The molecule has 1 atom stereocenters. The standard InChI is InChI=1S/C16H21NO3/c18-12-6-10-15-9-4-5-11-17(15)16(19)20-13-14-7-2-1-3-8-14/h1-3,6-8,10,15,18H,4-5,9,11-13H2/t15-/m1/s1. The molecule has 2 rings (SSSR count). The maximum absolute atomic E-state index is 12.2. The summed E-state index contributed by atoms with van der Waals surface area (Å²) in [5.41, 5.74) is 0.986. The first-order valence-electron chi connectivity index (χ1n) is 7.06. The van der Waals surface area contributed by atoms with Gasteiger partial charge in [0.05, 0.1) is 12.6 Å². The molecular weight excluding hydrogens is 254 g/mol. The van der Waals surface area contributed by atoms with E-state index in [1.807, 2.05) is 36.4 Å². The zero-order chi connectivity index (χ0) is 14.2. The lowest BCUT2D eigenvalue weighted by atomic mass is 10.0. The number of rotatable bonds is 4. The fraction of sp³-hybridized carbons (Fsp3) is 0.438. The third-order valence-electron chi connectivity index (χ3n) is 3.45. The van der Waals surface area contributed by atoms with Crippen LogP contribution < -0.4 is 0 Å². The lowest BCUT2D eigenvalue weighted by Crippen LogP contribution is -2.43. The lowest BCUT2D eigenvalue weighted by Gasteiger charge is -2.33. The van der Waals surface area contributed by atoms with Gasteiger partial charge in [-0.15, -0.1) is 0 Å². The van der Waals surface area contributed by atoms with Crippen LogP contribution in [0.3, 0.4) is 0 Å². The molecule has 1 heterocycles. The number of aliphatic hydroxyl groups is 1. The summed E-state index contributed by atoms with van der Waals surface area (Å²) in [5.74, 6) is 0. The van der Waals surface area contributed by atoms with Crippen LogP contribution in [0.25, 0.3) is 0 Å². The summed E-state index contributed by atoms with van der Waals surface area (Å²) in [7, 11) is 0. The zero-order valence-electron chi connectivity index (χ0n) is 11.6. The van der Waals surface area contributed by atoms with E-state index in [-0.39, 0.29) is 18.7 Å². The predicted octanol–water partition coefficient (Wildman–Crippen LogP) is 2.73. The summed E-state index contributed by atoms with van der Waals surface area (Å²) in [5, 5.41) is 8.85. The number of benzene rings is 1. The van der Waals surface area contributed by atoms with Crippen LogP contribution in [0.15, 0.2) is 42.5 Å². The van der Waals surface area contributed by atoms with Gasteiger partial charge in [-0.1, -0.05) is 42.5 Å². The Morgan fingerprint density at radius 3 is 2.90 bits per heavy atom. The highest BCUT2D eigenvalue weighted by Gasteiger charge is 2.25. The summed E-state index contributed by atoms with van der Waals surface area (Å²) < 4.78 is 5.37. The predicted molar refractivity (Wildman–Crippen MR) is 77.2 cm³/mol. The first-order chi connectivity index (χ1) is 9.81. The number of hydrogen-bond donors (Lipinski definition) is 1. The maximum Gasteiger partial charge on any atom is 0.410 e. The first-order valence-corrected chi connectivity index (χ1v) is 7.06. The van der Waals surface area contributed by atoms with Gasteiger partial charge < -0.3 is 14.7 Å². The van der Waals surface area contributed by atoms with Crippen molar-refractivity contribution in [3.05, 3.63) is 48.0 Å². The second kappa shape index (κ2) is 7.70. The molecule has 20 heavy (non-hydrogen) atoms. The van der Waals surface area contributed by atoms with Crippen molar-refractivity contribution in [1.82, 2.24) is 4.90 Å². The molecular formula is C16H21NO3. The third kappa shape index (κ3) is 4.10. The highest BCUT2D eigenvalue weighted by atomic mass is 16.6. The summed E-state index contributed by atoms with van der Waals surface area (Å²) in [6, 6.07) is 9.71. The van der Waals surface area contributed by atoms with Gasteiger partial charge in [-0.05, 0) is 24.8 Å². The number of nitrogens with zero attached hydrogens (tertiary/aromatic N) is 1. The van der Waals surface area contributed by atoms with Crippen molar-refractivity contribution >= 4 is 6.09 Å². The Bertz CT molecular complexity index is 444. The smallest absolute Gasteiger partial charge is 0.410 e. The average Bonchev–Trinajstić information content (AvgIpc) is 2.52. The van der Waals surface area contributed by atoms with Gasteiger partial charge in [0, 0.05) is 6.54 Å². The van der Waals surface area contributed by atoms with E-state index in [2.05, 4.69) is 0 Å². The fourth-order valence-corrected chi connectivity index (χ4v) is 2.40. The van der Waals surface area contributed by atoms with E-state index >= 15 is 0 Å². The van der Waals surface area contributed by atoms with Crippen molar-refractivity contribution in [2.75, 3.05) is 13.2 Å². The van der Waals surface area contributed by atoms with E-state index in [0.29, 0.717) is 13.2 Å². The van der Waals surface area contributed by atoms with Crippen molar-refractivity contribution in [3.8, 4) is 0 Å². The summed E-state index contributed by atoms with van der Waals surface area (Å²) >= 11 is 0. The van der Waals surface area contributed by atoms with Crippen molar-refractivity contribution in [1.29, 1.82) is 0 Å². The normalized spacial score (nSPS) is 19.2. The van der Waals surface area contributed by atoms with Gasteiger partial charge in [-0.25, -0.2) is 4.79 Å². The number of carbonyl (C=O) groups excluding carboxylic acids is 1. The Labute approximate surface area is 119 Å². The van der Waals surface area contributed by atoms with Gasteiger partial charge >= 0.3 is 6.09 Å². The van der Waals surface area contributed by atoms with E-state index < -0.39 is 0 Å². The Kier molecular flexibility index (Phi) is 5.62. The molecule has 0 bridgehead atoms. The molecule has 1 saturated heterocycles. The molecule has 1 amide bonds. The van der Waals surface area contributed by atoms with E-state index in [9.17, 15) is 4.79 Å². The minimum atomic E-state index is -0.277. The maximum atomic E-state index is 12.2. The minimum absolute atomic E-state index is 0.00338. The Hall–Kier alpha value is -1.81. The van der Waals surface area contributed by atoms with Crippen molar-refractivity contribution in [3.63, 3.8) is 0 Å². The van der Waals surface area contributed by atoms with Crippen LogP contribution in [-0.2, 0) is 11.3 Å². The van der Waals surface area contributed by atoms with Gasteiger partial charge in [0.15, 0.2) is 0 Å². The third-order valence-corrected chi connectivity index (χ3v) is 3.45. The highest BCUT2D eigenvalue weighted by molar-refractivity contribution is 5.68. The van der Waals surface area contributed by atoms with Crippen molar-refractivity contribution < 1.29 is 14.6 Å². The molecule has 0 aromatic heterocycles. The second-order valence-corrected chi connectivity index (χ2v) is 4.91. The quantitative estimate of drug-likeness (QED) is 0.860. The van der Waals surface area contributed by atoms with Crippen LogP contribution >= 0.6 is 0 Å². The molecule has 4 heteroatoms. The average molecular weight is 275 g/mol. The SMILES string of the molecule is O=C(OCc1ccccc1)N1CCCC[C@@H]1C=CCO. The van der Waals surface area contributed by atoms with Crippen molar-refractivity contribution in [2.45, 2.75) is 31.9 Å². The minimum Gasteiger partial charge on any atom is -0.445 e. The molecule has 1 aromatic rings.